The second kappa shape index (κ2) is 12.5. The summed E-state index contributed by atoms with van der Waals surface area (Å²) in [5.41, 5.74) is 7.47. The van der Waals surface area contributed by atoms with Gasteiger partial charge in [0.1, 0.15) is 5.82 Å². The number of aliphatic carboxylic acids is 1. The van der Waals surface area contributed by atoms with E-state index >= 15 is 0 Å². The first-order valence-corrected chi connectivity index (χ1v) is 14.9. The average Bonchev–Trinajstić information content (AvgIpc) is 2.89. The van der Waals surface area contributed by atoms with Gasteiger partial charge in [-0.15, -0.1) is 0 Å². The number of nitrogens with zero attached hydrogens (tertiary/aromatic N) is 2. The Balaban J connectivity index is 1.70. The van der Waals surface area contributed by atoms with E-state index in [0.717, 1.165) is 59.6 Å². The highest BCUT2D eigenvalue weighted by atomic mass is 19.1. The van der Waals surface area contributed by atoms with Gasteiger partial charge in [-0.1, -0.05) is 50.2 Å². The predicted octanol–water partition coefficient (Wildman–Crippen LogP) is 7.67. The number of halogens is 1. The molecule has 1 fully saturated rings. The van der Waals surface area contributed by atoms with Crippen molar-refractivity contribution in [1.29, 1.82) is 0 Å². The van der Waals surface area contributed by atoms with Crippen molar-refractivity contribution in [2.45, 2.75) is 93.0 Å². The number of carboxylic acids is 1. The van der Waals surface area contributed by atoms with Crippen LogP contribution in [0.2, 0.25) is 0 Å². The molecule has 1 aromatic heterocycles. The Morgan fingerprint density at radius 2 is 1.62 bits per heavy atom. The molecule has 3 aromatic rings. The third kappa shape index (κ3) is 7.56. The molecule has 6 nitrogen and oxygen atoms in total. The number of pyridine rings is 1. The zero-order valence-corrected chi connectivity index (χ0v) is 26.4. The molecule has 1 atom stereocenters. The van der Waals surface area contributed by atoms with E-state index < -0.39 is 17.7 Å². The third-order valence-electron chi connectivity index (χ3n) is 8.09. The van der Waals surface area contributed by atoms with Crippen LogP contribution in [0, 0.1) is 32.0 Å². The first-order valence-electron chi connectivity index (χ1n) is 14.9. The van der Waals surface area contributed by atoms with Crippen LogP contribution >= 0.6 is 0 Å². The standard InChI is InChI=1S/C35H46FN3O3/c1-22-19-26(11-14-28(22)36)21-37-20-25-9-12-27(13-10-25)29-23(2)38-24(3)30(32(33(40)41)42-34(4,5)6)31(29)39-17-15-35(7,8)16-18-39/h9-14,19,32,37H,15-18,20-21H2,1-8H3,(H,40,41)/t32-/m0/s1. The zero-order valence-electron chi connectivity index (χ0n) is 26.4. The summed E-state index contributed by atoms with van der Waals surface area (Å²) in [4.78, 5) is 19.9. The molecule has 0 amide bonds. The molecule has 0 saturated carbocycles. The van der Waals surface area contributed by atoms with Crippen LogP contribution in [-0.2, 0) is 22.6 Å². The fourth-order valence-corrected chi connectivity index (χ4v) is 5.71. The Bertz CT molecular complexity index is 1420. The van der Waals surface area contributed by atoms with E-state index in [1.807, 2.05) is 40.7 Å². The number of carbonyl (C=O) groups is 1. The van der Waals surface area contributed by atoms with Gasteiger partial charge in [0, 0.05) is 48.7 Å². The molecule has 7 heteroatoms. The Morgan fingerprint density at radius 1 is 1.02 bits per heavy atom. The molecule has 2 aromatic carbocycles. The van der Waals surface area contributed by atoms with Crippen LogP contribution in [0.25, 0.3) is 11.1 Å². The number of aromatic nitrogens is 1. The highest BCUT2D eigenvalue weighted by Crippen LogP contribution is 2.44. The van der Waals surface area contributed by atoms with Crippen molar-refractivity contribution in [3.05, 3.63) is 81.9 Å². The lowest BCUT2D eigenvalue weighted by Gasteiger charge is -2.41. The van der Waals surface area contributed by atoms with Crippen LogP contribution in [0.3, 0.4) is 0 Å². The van der Waals surface area contributed by atoms with Gasteiger partial charge in [0.05, 0.1) is 11.3 Å². The Labute approximate surface area is 250 Å². The summed E-state index contributed by atoms with van der Waals surface area (Å²) in [7, 11) is 0. The molecular weight excluding hydrogens is 529 g/mol. The molecule has 1 aliphatic rings. The van der Waals surface area contributed by atoms with Gasteiger partial charge in [-0.3, -0.25) is 4.98 Å². The summed E-state index contributed by atoms with van der Waals surface area (Å²) in [6.45, 7) is 18.9. The molecule has 1 aliphatic heterocycles. The van der Waals surface area contributed by atoms with Gasteiger partial charge in [0.15, 0.2) is 6.10 Å². The first kappa shape index (κ1) is 31.6. The monoisotopic (exact) mass is 575 g/mol. The van der Waals surface area contributed by atoms with Gasteiger partial charge >= 0.3 is 5.97 Å². The minimum Gasteiger partial charge on any atom is -0.479 e. The second-order valence-electron chi connectivity index (χ2n) is 13.4. The lowest BCUT2D eigenvalue weighted by Crippen LogP contribution is -2.39. The Kier molecular flexibility index (Phi) is 9.43. The lowest BCUT2D eigenvalue weighted by atomic mass is 9.81. The summed E-state index contributed by atoms with van der Waals surface area (Å²) in [6, 6.07) is 13.6. The third-order valence-corrected chi connectivity index (χ3v) is 8.09. The lowest BCUT2D eigenvalue weighted by molar-refractivity contribution is -0.160. The van der Waals surface area contributed by atoms with E-state index in [2.05, 4.69) is 48.3 Å². The van der Waals surface area contributed by atoms with E-state index in [-0.39, 0.29) is 11.2 Å². The van der Waals surface area contributed by atoms with Crippen LogP contribution in [0.4, 0.5) is 10.1 Å². The molecule has 4 rings (SSSR count). The van der Waals surface area contributed by atoms with E-state index in [1.54, 1.807) is 13.0 Å². The summed E-state index contributed by atoms with van der Waals surface area (Å²) < 4.78 is 19.8. The summed E-state index contributed by atoms with van der Waals surface area (Å²) in [5.74, 6) is -1.20. The van der Waals surface area contributed by atoms with Crippen molar-refractivity contribution in [1.82, 2.24) is 10.3 Å². The highest BCUT2D eigenvalue weighted by Gasteiger charge is 2.36. The molecule has 2 N–H and O–H groups in total. The average molecular weight is 576 g/mol. The van der Waals surface area contributed by atoms with Gasteiger partial charge < -0.3 is 20.1 Å². The zero-order chi connectivity index (χ0) is 30.8. The molecule has 226 valence electrons. The van der Waals surface area contributed by atoms with Gasteiger partial charge in [0.2, 0.25) is 0 Å². The first-order chi connectivity index (χ1) is 19.6. The number of anilines is 1. The van der Waals surface area contributed by atoms with Crippen molar-refractivity contribution in [2.75, 3.05) is 18.0 Å². The van der Waals surface area contributed by atoms with Crippen LogP contribution in [0.15, 0.2) is 42.5 Å². The summed E-state index contributed by atoms with van der Waals surface area (Å²) in [6.07, 6.45) is 0.894. The Hall–Kier alpha value is -3.29. The quantitative estimate of drug-likeness (QED) is 0.273. The van der Waals surface area contributed by atoms with Gasteiger partial charge in [-0.25, -0.2) is 9.18 Å². The number of hydrogen-bond donors (Lipinski definition) is 2. The minimum atomic E-state index is -1.14. The van der Waals surface area contributed by atoms with Gasteiger partial charge in [-0.2, -0.15) is 0 Å². The summed E-state index contributed by atoms with van der Waals surface area (Å²) in [5, 5.41) is 13.8. The number of aryl methyl sites for hydroxylation is 3. The molecule has 0 aliphatic carbocycles. The van der Waals surface area contributed by atoms with Crippen molar-refractivity contribution in [3.63, 3.8) is 0 Å². The second-order valence-corrected chi connectivity index (χ2v) is 13.4. The smallest absolute Gasteiger partial charge is 0.337 e. The number of rotatable bonds is 9. The molecule has 1 saturated heterocycles. The fourth-order valence-electron chi connectivity index (χ4n) is 5.71. The number of piperidine rings is 1. The van der Waals surface area contributed by atoms with Crippen molar-refractivity contribution < 1.29 is 19.0 Å². The van der Waals surface area contributed by atoms with E-state index in [4.69, 9.17) is 9.72 Å². The molecule has 0 radical (unpaired) electrons. The maximum absolute atomic E-state index is 13.6. The number of carboxylic acid groups (broad SMARTS) is 1. The largest absolute Gasteiger partial charge is 0.479 e. The van der Waals surface area contributed by atoms with Gasteiger partial charge in [0.25, 0.3) is 0 Å². The number of nitrogens with one attached hydrogen (secondary N) is 1. The van der Waals surface area contributed by atoms with E-state index in [9.17, 15) is 14.3 Å². The molecule has 0 spiro atoms. The maximum Gasteiger partial charge on any atom is 0.337 e. The molecule has 0 bridgehead atoms. The normalized spacial score (nSPS) is 16.0. The van der Waals surface area contributed by atoms with Crippen LogP contribution in [0.5, 0.6) is 0 Å². The van der Waals surface area contributed by atoms with Crippen molar-refractivity contribution in [3.8, 4) is 11.1 Å². The molecule has 0 unspecified atom stereocenters. The number of hydrogen-bond acceptors (Lipinski definition) is 5. The number of ether oxygens (including phenoxy) is 1. The molecule has 42 heavy (non-hydrogen) atoms. The molecular formula is C35H46FN3O3. The number of benzene rings is 2. The van der Waals surface area contributed by atoms with E-state index in [1.165, 1.54) is 6.07 Å². The topological polar surface area (TPSA) is 74.7 Å². The van der Waals surface area contributed by atoms with Crippen LogP contribution in [0.1, 0.15) is 87.2 Å². The van der Waals surface area contributed by atoms with Crippen molar-refractivity contribution in [2.24, 2.45) is 5.41 Å². The molecule has 2 heterocycles. The summed E-state index contributed by atoms with van der Waals surface area (Å²) >= 11 is 0. The van der Waals surface area contributed by atoms with E-state index in [0.29, 0.717) is 29.9 Å². The fraction of sp³-hybridized carbons (Fsp3) is 0.486. The minimum absolute atomic E-state index is 0.189. The van der Waals surface area contributed by atoms with Crippen LogP contribution in [-0.4, -0.2) is 34.8 Å². The predicted molar refractivity (Wildman–Crippen MR) is 167 cm³/mol. The van der Waals surface area contributed by atoms with Crippen molar-refractivity contribution >= 4 is 11.7 Å². The maximum atomic E-state index is 13.6. The van der Waals surface area contributed by atoms with Crippen LogP contribution < -0.4 is 10.2 Å². The Morgan fingerprint density at radius 3 is 2.19 bits per heavy atom. The highest BCUT2D eigenvalue weighted by molar-refractivity contribution is 5.88. The van der Waals surface area contributed by atoms with Gasteiger partial charge in [-0.05, 0) is 88.1 Å². The SMILES string of the molecule is Cc1cc(CNCc2ccc(-c3c(C)nc(C)c([C@H](OC(C)(C)C)C(=O)O)c3N3CCC(C)(C)CC3)cc2)ccc1F.